The Hall–Kier alpha value is -0.610. The molecule has 1 rings (SSSR count). The zero-order chi connectivity index (χ0) is 11.8. The Kier molecular flexibility index (Phi) is 6.42. The molecule has 0 radical (unpaired) electrons. The van der Waals surface area contributed by atoms with Gasteiger partial charge >= 0.3 is 5.97 Å². The average molecular weight is 229 g/mol. The predicted octanol–water partition coefficient (Wildman–Crippen LogP) is 2.18. The molecule has 1 unspecified atom stereocenters. The molecule has 94 valence electrons. The van der Waals surface area contributed by atoms with Gasteiger partial charge in [0.1, 0.15) is 6.04 Å². The van der Waals surface area contributed by atoms with Crippen molar-refractivity contribution < 1.29 is 14.4 Å². The van der Waals surface area contributed by atoms with Gasteiger partial charge in [-0.25, -0.2) is 0 Å². The number of hydroxylamine groups is 1. The van der Waals surface area contributed by atoms with Gasteiger partial charge in [-0.05, 0) is 19.3 Å². The van der Waals surface area contributed by atoms with Gasteiger partial charge in [-0.15, -0.1) is 0 Å². The summed E-state index contributed by atoms with van der Waals surface area (Å²) >= 11 is 0. The van der Waals surface area contributed by atoms with Gasteiger partial charge in [0, 0.05) is 0 Å². The minimum atomic E-state index is -0.314. The molecule has 1 N–H and O–H groups in total. The molecule has 0 aromatic rings. The van der Waals surface area contributed by atoms with Crippen LogP contribution >= 0.6 is 0 Å². The quantitative estimate of drug-likeness (QED) is 0.537. The van der Waals surface area contributed by atoms with Gasteiger partial charge < -0.3 is 4.74 Å². The molecule has 4 heteroatoms. The van der Waals surface area contributed by atoms with Crippen molar-refractivity contribution in [3.05, 3.63) is 0 Å². The second kappa shape index (κ2) is 7.63. The standard InChI is InChI=1S/C12H23NO3/c1-3-4-9-11(12(14)15-2)13-16-10-7-5-6-8-10/h10-11,13H,3-9H2,1-2H3. The van der Waals surface area contributed by atoms with Crippen molar-refractivity contribution >= 4 is 5.97 Å². The van der Waals surface area contributed by atoms with Crippen molar-refractivity contribution in [1.82, 2.24) is 5.48 Å². The van der Waals surface area contributed by atoms with Crippen LogP contribution in [0.15, 0.2) is 0 Å². The van der Waals surface area contributed by atoms with E-state index < -0.39 is 0 Å². The molecule has 0 heterocycles. The Balaban J connectivity index is 2.27. The van der Waals surface area contributed by atoms with Crippen LogP contribution in [-0.2, 0) is 14.4 Å². The smallest absolute Gasteiger partial charge is 0.325 e. The highest BCUT2D eigenvalue weighted by molar-refractivity contribution is 5.75. The normalized spacial score (nSPS) is 18.6. The van der Waals surface area contributed by atoms with Gasteiger partial charge in [0.2, 0.25) is 0 Å². The van der Waals surface area contributed by atoms with Crippen molar-refractivity contribution in [1.29, 1.82) is 0 Å². The molecule has 1 fully saturated rings. The number of carbonyl (C=O) groups is 1. The zero-order valence-electron chi connectivity index (χ0n) is 10.3. The molecule has 1 saturated carbocycles. The number of hydrogen-bond acceptors (Lipinski definition) is 4. The highest BCUT2D eigenvalue weighted by atomic mass is 16.7. The molecule has 0 spiro atoms. The minimum absolute atomic E-state index is 0.230. The fourth-order valence-electron chi connectivity index (χ4n) is 1.96. The van der Waals surface area contributed by atoms with E-state index in [0.29, 0.717) is 0 Å². The summed E-state index contributed by atoms with van der Waals surface area (Å²) in [6.07, 6.45) is 7.75. The predicted molar refractivity (Wildman–Crippen MR) is 61.8 cm³/mol. The fourth-order valence-corrected chi connectivity index (χ4v) is 1.96. The summed E-state index contributed by atoms with van der Waals surface area (Å²) in [4.78, 5) is 17.0. The maximum atomic E-state index is 11.5. The SMILES string of the molecule is CCCCC(NOC1CCCC1)C(=O)OC. The van der Waals surface area contributed by atoms with Crippen molar-refractivity contribution in [2.45, 2.75) is 64.0 Å². The van der Waals surface area contributed by atoms with Crippen LogP contribution < -0.4 is 5.48 Å². The molecule has 0 aromatic carbocycles. The van der Waals surface area contributed by atoms with Gasteiger partial charge in [0.25, 0.3) is 0 Å². The summed E-state index contributed by atoms with van der Waals surface area (Å²) in [6.45, 7) is 2.10. The molecule has 0 aromatic heterocycles. The summed E-state index contributed by atoms with van der Waals surface area (Å²) in [6, 6.07) is -0.314. The van der Waals surface area contributed by atoms with Crippen molar-refractivity contribution in [3.63, 3.8) is 0 Å². The number of nitrogens with one attached hydrogen (secondary N) is 1. The molecule has 1 aliphatic carbocycles. The maximum Gasteiger partial charge on any atom is 0.325 e. The van der Waals surface area contributed by atoms with E-state index in [-0.39, 0.29) is 18.1 Å². The maximum absolute atomic E-state index is 11.5. The van der Waals surface area contributed by atoms with Gasteiger partial charge in [-0.3, -0.25) is 9.63 Å². The molecular formula is C12H23NO3. The van der Waals surface area contributed by atoms with Crippen LogP contribution in [0.25, 0.3) is 0 Å². The van der Waals surface area contributed by atoms with Gasteiger partial charge in [0.05, 0.1) is 13.2 Å². The second-order valence-electron chi connectivity index (χ2n) is 4.36. The monoisotopic (exact) mass is 229 g/mol. The van der Waals surface area contributed by atoms with Crippen molar-refractivity contribution in [2.75, 3.05) is 7.11 Å². The molecule has 4 nitrogen and oxygen atoms in total. The Morgan fingerprint density at radius 1 is 1.44 bits per heavy atom. The summed E-state index contributed by atoms with van der Waals surface area (Å²) in [5, 5.41) is 0. The molecule has 0 aliphatic heterocycles. The van der Waals surface area contributed by atoms with E-state index in [1.54, 1.807) is 0 Å². The van der Waals surface area contributed by atoms with E-state index in [2.05, 4.69) is 12.4 Å². The highest BCUT2D eigenvalue weighted by Crippen LogP contribution is 2.20. The zero-order valence-corrected chi connectivity index (χ0v) is 10.3. The summed E-state index contributed by atoms with van der Waals surface area (Å²) < 4.78 is 4.74. The summed E-state index contributed by atoms with van der Waals surface area (Å²) in [5.41, 5.74) is 2.87. The molecule has 1 aliphatic rings. The Bertz CT molecular complexity index is 202. The van der Waals surface area contributed by atoms with E-state index in [4.69, 9.17) is 9.57 Å². The number of unbranched alkanes of at least 4 members (excludes halogenated alkanes) is 1. The highest BCUT2D eigenvalue weighted by Gasteiger charge is 2.22. The first kappa shape index (κ1) is 13.5. The van der Waals surface area contributed by atoms with Crippen molar-refractivity contribution in [3.8, 4) is 0 Å². The number of hydrogen-bond donors (Lipinski definition) is 1. The first-order chi connectivity index (χ1) is 7.77. The number of ether oxygens (including phenoxy) is 1. The lowest BCUT2D eigenvalue weighted by Crippen LogP contribution is -2.39. The van der Waals surface area contributed by atoms with Crippen LogP contribution in [0, 0.1) is 0 Å². The van der Waals surface area contributed by atoms with Gasteiger partial charge in [-0.2, -0.15) is 5.48 Å². The average Bonchev–Trinajstić information content (AvgIpc) is 2.81. The number of methoxy groups -OCH3 is 1. The van der Waals surface area contributed by atoms with Crippen LogP contribution in [0.5, 0.6) is 0 Å². The van der Waals surface area contributed by atoms with E-state index in [1.165, 1.54) is 20.0 Å². The minimum Gasteiger partial charge on any atom is -0.468 e. The van der Waals surface area contributed by atoms with Gasteiger partial charge in [0.15, 0.2) is 0 Å². The van der Waals surface area contributed by atoms with E-state index >= 15 is 0 Å². The van der Waals surface area contributed by atoms with Gasteiger partial charge in [-0.1, -0.05) is 32.6 Å². The third kappa shape index (κ3) is 4.49. The number of carbonyl (C=O) groups excluding carboxylic acids is 1. The molecule has 1 atom stereocenters. The van der Waals surface area contributed by atoms with E-state index in [1.807, 2.05) is 0 Å². The number of esters is 1. The molecular weight excluding hydrogens is 206 g/mol. The Labute approximate surface area is 97.6 Å². The van der Waals surface area contributed by atoms with E-state index in [9.17, 15) is 4.79 Å². The Morgan fingerprint density at radius 3 is 2.69 bits per heavy atom. The molecule has 0 bridgehead atoms. The topological polar surface area (TPSA) is 47.6 Å². The molecule has 0 amide bonds. The van der Waals surface area contributed by atoms with Crippen molar-refractivity contribution in [2.24, 2.45) is 0 Å². The third-order valence-electron chi connectivity index (χ3n) is 3.01. The first-order valence-electron chi connectivity index (χ1n) is 6.27. The fraction of sp³-hybridized carbons (Fsp3) is 0.917. The Morgan fingerprint density at radius 2 is 2.12 bits per heavy atom. The van der Waals surface area contributed by atoms with Crippen LogP contribution in [0.4, 0.5) is 0 Å². The first-order valence-corrected chi connectivity index (χ1v) is 6.27. The summed E-state index contributed by atoms with van der Waals surface area (Å²) in [7, 11) is 1.42. The van der Waals surface area contributed by atoms with Crippen LogP contribution in [0.3, 0.4) is 0 Å². The molecule has 16 heavy (non-hydrogen) atoms. The lowest BCUT2D eigenvalue weighted by Gasteiger charge is -2.18. The third-order valence-corrected chi connectivity index (χ3v) is 3.01. The summed E-state index contributed by atoms with van der Waals surface area (Å²) in [5.74, 6) is -0.230. The van der Waals surface area contributed by atoms with E-state index in [0.717, 1.165) is 32.1 Å². The van der Waals surface area contributed by atoms with Crippen LogP contribution in [0.1, 0.15) is 51.9 Å². The molecule has 0 saturated heterocycles. The second-order valence-corrected chi connectivity index (χ2v) is 4.36. The largest absolute Gasteiger partial charge is 0.468 e. The van der Waals surface area contributed by atoms with Crippen LogP contribution in [0.2, 0.25) is 0 Å². The number of rotatable bonds is 7. The lowest BCUT2D eigenvalue weighted by molar-refractivity contribution is -0.150. The van der Waals surface area contributed by atoms with Crippen LogP contribution in [-0.4, -0.2) is 25.2 Å². The lowest BCUT2D eigenvalue weighted by atomic mass is 10.1.